The van der Waals surface area contributed by atoms with Gasteiger partial charge in [0.15, 0.2) is 18.4 Å². The van der Waals surface area contributed by atoms with Gasteiger partial charge >= 0.3 is 5.97 Å². The van der Waals surface area contributed by atoms with E-state index >= 15 is 0 Å². The van der Waals surface area contributed by atoms with Gasteiger partial charge in [-0.05, 0) is 93.1 Å². The molecule has 0 aliphatic heterocycles. The molecule has 0 bridgehead atoms. The monoisotopic (exact) mass is 550 g/mol. The minimum absolute atomic E-state index is 0.0704. The maximum absolute atomic E-state index is 12.6. The van der Waals surface area contributed by atoms with Crippen molar-refractivity contribution in [3.05, 3.63) is 47.5 Å². The zero-order valence-corrected chi connectivity index (χ0v) is 24.1. The molecular weight excluding hydrogens is 508 g/mol. The molecule has 40 heavy (non-hydrogen) atoms. The van der Waals surface area contributed by atoms with E-state index in [1.165, 1.54) is 12.7 Å². The Morgan fingerprint density at radius 2 is 1.77 bits per heavy atom. The van der Waals surface area contributed by atoms with Crippen LogP contribution in [-0.2, 0) is 24.0 Å². The summed E-state index contributed by atoms with van der Waals surface area (Å²) in [6, 6.07) is 8.03. The van der Waals surface area contributed by atoms with Crippen LogP contribution in [0.5, 0.6) is 0 Å². The van der Waals surface area contributed by atoms with Crippen LogP contribution in [0.15, 0.2) is 47.1 Å². The third kappa shape index (κ3) is 4.68. The van der Waals surface area contributed by atoms with E-state index in [1.807, 2.05) is 6.07 Å². The van der Waals surface area contributed by atoms with Crippen molar-refractivity contribution in [2.45, 2.75) is 83.8 Å². The van der Waals surface area contributed by atoms with Gasteiger partial charge in [0.2, 0.25) is 0 Å². The van der Waals surface area contributed by atoms with Crippen molar-refractivity contribution in [2.24, 2.45) is 33.7 Å². The lowest BCUT2D eigenvalue weighted by atomic mass is 9.46. The number of methoxy groups -OCH3 is 1. The number of aliphatic hydroxyl groups is 1. The first kappa shape index (κ1) is 28.5. The maximum atomic E-state index is 12.6. The second kappa shape index (κ2) is 10.8. The number of hydrogen-bond acceptors (Lipinski definition) is 7. The summed E-state index contributed by atoms with van der Waals surface area (Å²) in [5.74, 6) is 0.336. The highest BCUT2D eigenvalue weighted by Gasteiger charge is 2.65. The highest BCUT2D eigenvalue weighted by Crippen LogP contribution is 2.67. The lowest BCUT2D eigenvalue weighted by Crippen LogP contribution is -2.57. The van der Waals surface area contributed by atoms with Crippen LogP contribution in [0.25, 0.3) is 0 Å². The van der Waals surface area contributed by atoms with Gasteiger partial charge in [-0.25, -0.2) is 4.79 Å². The molecule has 216 valence electrons. The first-order valence-corrected chi connectivity index (χ1v) is 14.6. The third-order valence-electron chi connectivity index (χ3n) is 11.0. The number of rotatable bonds is 7. The van der Waals surface area contributed by atoms with Gasteiger partial charge in [-0.2, -0.15) is 0 Å². The molecule has 3 fully saturated rings. The lowest BCUT2D eigenvalue weighted by molar-refractivity contribution is -0.159. The molecule has 1 aromatic carbocycles. The van der Waals surface area contributed by atoms with Gasteiger partial charge in [0, 0.05) is 5.41 Å². The first-order chi connectivity index (χ1) is 19.0. The highest BCUT2D eigenvalue weighted by atomic mass is 16.6. The molecule has 5 rings (SSSR count). The second-order valence-electron chi connectivity index (χ2n) is 12.7. The average Bonchev–Trinajstić information content (AvgIpc) is 3.23. The number of fused-ring (bicyclic) bond motifs is 5. The first-order valence-electron chi connectivity index (χ1n) is 14.6. The van der Waals surface area contributed by atoms with Crippen molar-refractivity contribution < 1.29 is 29.1 Å². The zero-order chi connectivity index (χ0) is 28.7. The zero-order valence-electron chi connectivity index (χ0n) is 24.1. The third-order valence-corrected chi connectivity index (χ3v) is 11.0. The van der Waals surface area contributed by atoms with Gasteiger partial charge in [0.1, 0.15) is 5.60 Å². The van der Waals surface area contributed by atoms with E-state index in [1.54, 1.807) is 31.2 Å². The van der Waals surface area contributed by atoms with E-state index in [4.69, 9.17) is 9.57 Å². The van der Waals surface area contributed by atoms with E-state index in [9.17, 15) is 19.5 Å². The number of nitrogens with one attached hydrogen (secondary N) is 1. The maximum Gasteiger partial charge on any atom is 0.333 e. The number of oxime groups is 1. The van der Waals surface area contributed by atoms with Crippen LogP contribution in [-0.4, -0.2) is 47.8 Å². The van der Waals surface area contributed by atoms with E-state index in [2.05, 4.69) is 30.4 Å². The SMILES string of the molecule is COC(=O)C(NC(=O)CON=C1C=C2CCC3C(CC[C@@]4(C)C3CC[C@]4(O)C(C)=O)[C@@]2(C)CC1)c1ccccc1. The second-order valence-corrected chi connectivity index (χ2v) is 12.7. The van der Waals surface area contributed by atoms with E-state index < -0.39 is 23.5 Å². The summed E-state index contributed by atoms with van der Waals surface area (Å²) in [6.45, 7) is 5.79. The molecule has 0 radical (unpaired) electrons. The van der Waals surface area contributed by atoms with Crippen LogP contribution in [0, 0.1) is 28.6 Å². The summed E-state index contributed by atoms with van der Waals surface area (Å²) in [5, 5.41) is 18.3. The predicted molar refractivity (Wildman–Crippen MR) is 150 cm³/mol. The van der Waals surface area contributed by atoms with Crippen molar-refractivity contribution in [1.29, 1.82) is 0 Å². The fourth-order valence-corrected chi connectivity index (χ4v) is 8.66. The summed E-state index contributed by atoms with van der Waals surface area (Å²) in [5.41, 5.74) is 1.41. The van der Waals surface area contributed by atoms with Gasteiger partial charge in [-0.3, -0.25) is 9.59 Å². The molecule has 1 aromatic rings. The van der Waals surface area contributed by atoms with Gasteiger partial charge in [-0.15, -0.1) is 0 Å². The quantitative estimate of drug-likeness (QED) is 0.377. The number of hydrogen-bond donors (Lipinski definition) is 2. The molecule has 0 heterocycles. The molecule has 3 saturated carbocycles. The Bertz CT molecular complexity index is 1230. The van der Waals surface area contributed by atoms with Gasteiger partial charge in [0.05, 0.1) is 12.8 Å². The van der Waals surface area contributed by atoms with Crippen molar-refractivity contribution in [1.82, 2.24) is 5.32 Å². The van der Waals surface area contributed by atoms with Crippen LogP contribution in [0.1, 0.15) is 83.7 Å². The topological polar surface area (TPSA) is 114 Å². The van der Waals surface area contributed by atoms with E-state index in [0.717, 1.165) is 50.7 Å². The number of allylic oxidation sites excluding steroid dienone is 2. The van der Waals surface area contributed by atoms with Crippen LogP contribution in [0.2, 0.25) is 0 Å². The number of carbonyl (C=O) groups excluding carboxylic acids is 3. The van der Waals surface area contributed by atoms with E-state index in [0.29, 0.717) is 29.7 Å². The number of benzene rings is 1. The summed E-state index contributed by atoms with van der Waals surface area (Å²) < 4.78 is 4.86. The molecular formula is C32H42N2O6. The van der Waals surface area contributed by atoms with Crippen molar-refractivity contribution in [2.75, 3.05) is 13.7 Å². The molecule has 1 amide bonds. The average molecular weight is 551 g/mol. The fourth-order valence-electron chi connectivity index (χ4n) is 8.66. The normalized spacial score (nSPS) is 36.4. The summed E-state index contributed by atoms with van der Waals surface area (Å²) in [4.78, 5) is 42.7. The van der Waals surface area contributed by atoms with Gasteiger partial charge in [0.25, 0.3) is 5.91 Å². The summed E-state index contributed by atoms with van der Waals surface area (Å²) >= 11 is 0. The molecule has 0 spiro atoms. The number of esters is 1. The van der Waals surface area contributed by atoms with Crippen LogP contribution in [0.3, 0.4) is 0 Å². The minimum atomic E-state index is -1.19. The van der Waals surface area contributed by atoms with Crippen molar-refractivity contribution in [3.63, 3.8) is 0 Å². The number of Topliss-reactive ketones (excluding diaryl/α,β-unsaturated/α-hetero) is 1. The molecule has 0 aromatic heterocycles. The van der Waals surface area contributed by atoms with Gasteiger partial charge < -0.3 is 20.0 Å². The molecule has 4 unspecified atom stereocenters. The minimum Gasteiger partial charge on any atom is -0.467 e. The largest absolute Gasteiger partial charge is 0.467 e. The van der Waals surface area contributed by atoms with E-state index in [-0.39, 0.29) is 23.2 Å². The number of amides is 1. The van der Waals surface area contributed by atoms with Crippen molar-refractivity contribution in [3.8, 4) is 0 Å². The number of ether oxygens (including phenoxy) is 1. The van der Waals surface area contributed by atoms with Crippen LogP contribution < -0.4 is 5.32 Å². The standard InChI is InChI=1S/C32H42N2O6/c1-20(35)32(38)17-14-26-24-11-10-22-18-23(12-15-30(22,2)25(24)13-16-31(26,32)3)34-40-19-27(36)33-28(29(37)39-4)21-8-6-5-7-9-21/h5-9,18,24-26,28,38H,10-17,19H2,1-4H3,(H,33,36)/t24?,25?,26?,28?,30-,31-,32-/m0/s1. The Kier molecular flexibility index (Phi) is 7.68. The molecule has 4 aliphatic rings. The molecule has 2 N–H and O–H groups in total. The fraction of sp³-hybridized carbons (Fsp3) is 0.625. The van der Waals surface area contributed by atoms with Crippen LogP contribution >= 0.6 is 0 Å². The lowest BCUT2D eigenvalue weighted by Gasteiger charge is -2.59. The molecule has 8 nitrogen and oxygen atoms in total. The van der Waals surface area contributed by atoms with Crippen LogP contribution in [0.4, 0.5) is 0 Å². The summed E-state index contributed by atoms with van der Waals surface area (Å²) in [6.07, 6.45) is 9.33. The number of carbonyl (C=O) groups is 3. The Hall–Kier alpha value is -3.00. The van der Waals surface area contributed by atoms with Crippen molar-refractivity contribution >= 4 is 23.4 Å². The molecule has 0 saturated heterocycles. The van der Waals surface area contributed by atoms with Gasteiger partial charge in [-0.1, -0.05) is 54.9 Å². The molecule has 8 heteroatoms. The Balaban J connectivity index is 1.23. The highest BCUT2D eigenvalue weighted by molar-refractivity contribution is 5.96. The number of ketones is 1. The smallest absolute Gasteiger partial charge is 0.333 e. The molecule has 4 aliphatic carbocycles. The Morgan fingerprint density at radius 3 is 2.48 bits per heavy atom. The Morgan fingerprint density at radius 1 is 1.05 bits per heavy atom. The Labute approximate surface area is 236 Å². The number of nitrogens with zero attached hydrogens (tertiary/aromatic N) is 1. The predicted octanol–water partition coefficient (Wildman–Crippen LogP) is 4.67. The molecule has 7 atom stereocenters. The summed E-state index contributed by atoms with van der Waals surface area (Å²) in [7, 11) is 1.29.